The summed E-state index contributed by atoms with van der Waals surface area (Å²) in [4.78, 5) is 13.2. The molecule has 5 aliphatic carbocycles. The first-order valence-electron chi connectivity index (χ1n) is 22.6. The molecule has 0 aromatic carbocycles. The summed E-state index contributed by atoms with van der Waals surface area (Å²) < 4.78 is 6.41. The van der Waals surface area contributed by atoms with Crippen LogP contribution in [0.3, 0.4) is 0 Å². The van der Waals surface area contributed by atoms with Gasteiger partial charge < -0.3 is 9.84 Å². The highest BCUT2D eigenvalue weighted by Crippen LogP contribution is 2.75. The summed E-state index contributed by atoms with van der Waals surface area (Å²) in [5.41, 5.74) is 2.49. The quantitative estimate of drug-likeness (QED) is 0.0929. The Bertz CT molecular complexity index is 1180. The number of aliphatic hydroxyl groups excluding tert-OH is 1. The first-order chi connectivity index (χ1) is 24.1. The Morgan fingerprint density at radius 1 is 0.686 bits per heavy atom. The van der Waals surface area contributed by atoms with Crippen LogP contribution in [0.2, 0.25) is 0 Å². The van der Waals surface area contributed by atoms with Crippen molar-refractivity contribution in [2.45, 2.75) is 235 Å². The molecule has 9 atom stereocenters. The zero-order chi connectivity index (χ0) is 37.1. The number of esters is 1. The number of fused-ring (bicyclic) bond motifs is 7. The van der Waals surface area contributed by atoms with Crippen molar-refractivity contribution in [3.05, 3.63) is 11.6 Å². The van der Waals surface area contributed by atoms with Crippen LogP contribution >= 0.6 is 0 Å². The van der Waals surface area contributed by atoms with Gasteiger partial charge in [0.1, 0.15) is 6.10 Å². The normalized spacial score (nSPS) is 39.6. The van der Waals surface area contributed by atoms with E-state index in [4.69, 9.17) is 4.74 Å². The van der Waals surface area contributed by atoms with Crippen molar-refractivity contribution < 1.29 is 14.6 Å². The summed E-state index contributed by atoms with van der Waals surface area (Å²) in [7, 11) is 0. The summed E-state index contributed by atoms with van der Waals surface area (Å²) in [6.07, 6.45) is 33.5. The Labute approximate surface area is 316 Å². The van der Waals surface area contributed by atoms with Crippen LogP contribution in [0.5, 0.6) is 0 Å². The molecule has 51 heavy (non-hydrogen) atoms. The molecule has 0 heterocycles. The van der Waals surface area contributed by atoms with Gasteiger partial charge >= 0.3 is 5.97 Å². The van der Waals surface area contributed by atoms with E-state index in [0.717, 1.165) is 38.5 Å². The molecule has 4 fully saturated rings. The van der Waals surface area contributed by atoms with E-state index in [1.54, 1.807) is 5.57 Å². The molecule has 4 saturated carbocycles. The van der Waals surface area contributed by atoms with Crippen LogP contribution in [0.4, 0.5) is 0 Å². The minimum atomic E-state index is -0.224. The topological polar surface area (TPSA) is 46.5 Å². The van der Waals surface area contributed by atoms with Crippen LogP contribution in [-0.2, 0) is 9.53 Å². The molecule has 294 valence electrons. The summed E-state index contributed by atoms with van der Waals surface area (Å²) in [5, 5.41) is 11.9. The fourth-order valence-electron chi connectivity index (χ4n) is 13.6. The summed E-state index contributed by atoms with van der Waals surface area (Å²) in [6, 6.07) is 0. The fraction of sp³-hybridized carbons (Fsp3) is 0.938. The van der Waals surface area contributed by atoms with Gasteiger partial charge in [0.25, 0.3) is 0 Å². The Hall–Kier alpha value is -0.830. The number of allylic oxidation sites excluding steroid dienone is 2. The van der Waals surface area contributed by atoms with Gasteiger partial charge in [0.2, 0.25) is 0 Å². The van der Waals surface area contributed by atoms with Gasteiger partial charge in [0, 0.05) is 17.3 Å². The number of hydrogen-bond donors (Lipinski definition) is 1. The number of ether oxygens (including phenoxy) is 1. The average molecular weight is 709 g/mol. The monoisotopic (exact) mass is 709 g/mol. The molecule has 0 amide bonds. The largest absolute Gasteiger partial charge is 0.462 e. The molecule has 0 aromatic heterocycles. The van der Waals surface area contributed by atoms with Crippen molar-refractivity contribution in [1.82, 2.24) is 0 Å². The van der Waals surface area contributed by atoms with Gasteiger partial charge in [-0.25, -0.2) is 0 Å². The lowest BCUT2D eigenvalue weighted by Gasteiger charge is -2.72. The van der Waals surface area contributed by atoms with Crippen molar-refractivity contribution in [3.63, 3.8) is 0 Å². The van der Waals surface area contributed by atoms with E-state index in [1.165, 1.54) is 116 Å². The predicted octanol–water partition coefficient (Wildman–Crippen LogP) is 14.0. The number of carbonyl (C=O) groups is 1. The van der Waals surface area contributed by atoms with E-state index in [-0.39, 0.29) is 45.3 Å². The van der Waals surface area contributed by atoms with E-state index >= 15 is 0 Å². The van der Waals surface area contributed by atoms with Gasteiger partial charge in [-0.3, -0.25) is 4.79 Å². The molecule has 0 bridgehead atoms. The van der Waals surface area contributed by atoms with Crippen molar-refractivity contribution in [2.75, 3.05) is 0 Å². The van der Waals surface area contributed by atoms with Gasteiger partial charge in [-0.15, -0.1) is 0 Å². The van der Waals surface area contributed by atoms with Crippen molar-refractivity contribution >= 4 is 5.97 Å². The molecular weight excluding hydrogens is 625 g/mol. The van der Waals surface area contributed by atoms with Crippen molar-refractivity contribution in [3.8, 4) is 0 Å². The number of rotatable bonds is 17. The molecule has 1 N–H and O–H groups in total. The highest BCUT2D eigenvalue weighted by atomic mass is 16.5. The molecule has 0 aliphatic heterocycles. The van der Waals surface area contributed by atoms with Crippen molar-refractivity contribution in [2.24, 2.45) is 50.2 Å². The summed E-state index contributed by atoms with van der Waals surface area (Å²) in [5.74, 6) is 1.68. The van der Waals surface area contributed by atoms with Crippen molar-refractivity contribution in [1.29, 1.82) is 0 Å². The second-order valence-electron chi connectivity index (χ2n) is 21.5. The fourth-order valence-corrected chi connectivity index (χ4v) is 13.6. The lowest BCUT2D eigenvalue weighted by atomic mass is 9.33. The molecule has 0 radical (unpaired) electrons. The third-order valence-electron chi connectivity index (χ3n) is 17.3. The molecule has 0 spiro atoms. The predicted molar refractivity (Wildman–Crippen MR) is 216 cm³/mol. The summed E-state index contributed by atoms with van der Waals surface area (Å²) in [6.45, 7) is 22.3. The molecule has 3 heteroatoms. The minimum Gasteiger partial charge on any atom is -0.462 e. The third-order valence-corrected chi connectivity index (χ3v) is 17.3. The lowest BCUT2D eigenvalue weighted by molar-refractivity contribution is -0.220. The van der Waals surface area contributed by atoms with Gasteiger partial charge in [-0.05, 0) is 104 Å². The van der Waals surface area contributed by atoms with E-state index in [1.807, 2.05) is 0 Å². The SMILES string of the molecule is CCCCCCCCCCCCCCCCCC(=O)OC1CCC2(C)C(CCC3(C)C2CC=C2C4CC(C)(C)CCC4(C)C(O)CC23C)C1(C)C. The van der Waals surface area contributed by atoms with Crippen LogP contribution in [0.1, 0.15) is 223 Å². The first-order valence-corrected chi connectivity index (χ1v) is 22.6. The maximum Gasteiger partial charge on any atom is 0.306 e. The first kappa shape index (κ1) is 41.3. The number of carbonyl (C=O) groups excluding carboxylic acids is 1. The van der Waals surface area contributed by atoms with E-state index < -0.39 is 0 Å². The van der Waals surface area contributed by atoms with E-state index in [9.17, 15) is 9.90 Å². The van der Waals surface area contributed by atoms with Gasteiger partial charge in [-0.2, -0.15) is 0 Å². The third kappa shape index (κ3) is 8.25. The Balaban J connectivity index is 1.09. The molecule has 5 rings (SSSR count). The van der Waals surface area contributed by atoms with Crippen LogP contribution in [-0.4, -0.2) is 23.3 Å². The zero-order valence-corrected chi connectivity index (χ0v) is 35.4. The lowest BCUT2D eigenvalue weighted by Crippen LogP contribution is -2.66. The highest BCUT2D eigenvalue weighted by Gasteiger charge is 2.69. The second kappa shape index (κ2) is 16.5. The average Bonchev–Trinajstić information content (AvgIpc) is 3.06. The minimum absolute atomic E-state index is 0.0154. The smallest absolute Gasteiger partial charge is 0.306 e. The van der Waals surface area contributed by atoms with Crippen LogP contribution in [0, 0.1) is 50.2 Å². The zero-order valence-electron chi connectivity index (χ0n) is 35.4. The van der Waals surface area contributed by atoms with Gasteiger partial charge in [-0.1, -0.05) is 164 Å². The van der Waals surface area contributed by atoms with Crippen LogP contribution < -0.4 is 0 Å². The number of unbranched alkanes of at least 4 members (excludes halogenated alkanes) is 14. The van der Waals surface area contributed by atoms with E-state index in [0.29, 0.717) is 29.6 Å². The molecule has 9 unspecified atom stereocenters. The number of hydrogen-bond acceptors (Lipinski definition) is 3. The number of aliphatic hydroxyl groups is 1. The molecule has 3 nitrogen and oxygen atoms in total. The van der Waals surface area contributed by atoms with Gasteiger partial charge in [0.15, 0.2) is 0 Å². The van der Waals surface area contributed by atoms with E-state index in [2.05, 4.69) is 68.4 Å². The van der Waals surface area contributed by atoms with Crippen LogP contribution in [0.15, 0.2) is 11.6 Å². The second-order valence-corrected chi connectivity index (χ2v) is 21.5. The van der Waals surface area contributed by atoms with Crippen LogP contribution in [0.25, 0.3) is 0 Å². The Kier molecular flexibility index (Phi) is 13.4. The summed E-state index contributed by atoms with van der Waals surface area (Å²) >= 11 is 0. The molecular formula is C48H84O3. The molecule has 0 saturated heterocycles. The maximum atomic E-state index is 13.2. The van der Waals surface area contributed by atoms with Gasteiger partial charge in [0.05, 0.1) is 6.10 Å². The standard InChI is InChI=1S/C48H84O3/c1-10-11-12-13-14-15-16-17-18-19-20-21-22-23-24-25-42(50)51-41-29-30-46(7)38(44(41,4)5)28-31-47(8)39(46)27-26-36-37-34-43(2,3)32-33-45(37,6)40(49)35-48(36,47)9/h26,37-41,49H,10-25,27-35H2,1-9H3. The Morgan fingerprint density at radius 2 is 1.25 bits per heavy atom. The molecule has 5 aliphatic rings. The Morgan fingerprint density at radius 3 is 1.84 bits per heavy atom. The molecule has 0 aromatic rings. The maximum absolute atomic E-state index is 13.2. The highest BCUT2D eigenvalue weighted by molar-refractivity contribution is 5.69.